The summed E-state index contributed by atoms with van der Waals surface area (Å²) in [5, 5.41) is 11.1. The Kier molecular flexibility index (Phi) is 5.68. The van der Waals surface area contributed by atoms with Crippen LogP contribution in [-0.4, -0.2) is 40.7 Å². The predicted molar refractivity (Wildman–Crippen MR) is 86.4 cm³/mol. The van der Waals surface area contributed by atoms with Crippen LogP contribution in [0.5, 0.6) is 0 Å². The van der Waals surface area contributed by atoms with Crippen LogP contribution in [0.1, 0.15) is 35.7 Å². The SMILES string of the molecule is CC(=O)N1CCC[C@@H](C(=O)OCc2ccc(C(N)=O)cc2[N+](=O)[O-])C1. The van der Waals surface area contributed by atoms with Gasteiger partial charge in [-0.2, -0.15) is 0 Å². The van der Waals surface area contributed by atoms with Crippen molar-refractivity contribution in [2.75, 3.05) is 13.1 Å². The van der Waals surface area contributed by atoms with E-state index in [9.17, 15) is 24.5 Å². The zero-order chi connectivity index (χ0) is 18.6. The van der Waals surface area contributed by atoms with E-state index in [1.54, 1.807) is 4.90 Å². The monoisotopic (exact) mass is 349 g/mol. The highest BCUT2D eigenvalue weighted by molar-refractivity contribution is 5.93. The molecular weight excluding hydrogens is 330 g/mol. The maximum Gasteiger partial charge on any atom is 0.311 e. The summed E-state index contributed by atoms with van der Waals surface area (Å²) in [4.78, 5) is 46.8. The lowest BCUT2D eigenvalue weighted by Gasteiger charge is -2.30. The number of rotatable bonds is 5. The van der Waals surface area contributed by atoms with Crippen LogP contribution in [0.4, 0.5) is 5.69 Å². The van der Waals surface area contributed by atoms with Gasteiger partial charge in [0.25, 0.3) is 5.69 Å². The molecule has 1 atom stereocenters. The second-order valence-electron chi connectivity index (χ2n) is 5.88. The summed E-state index contributed by atoms with van der Waals surface area (Å²) >= 11 is 0. The highest BCUT2D eigenvalue weighted by Gasteiger charge is 2.28. The Balaban J connectivity index is 2.05. The number of nitrogens with zero attached hydrogens (tertiary/aromatic N) is 2. The summed E-state index contributed by atoms with van der Waals surface area (Å²) in [5.41, 5.74) is 4.95. The Labute approximate surface area is 143 Å². The van der Waals surface area contributed by atoms with Gasteiger partial charge in [0.1, 0.15) is 6.61 Å². The highest BCUT2D eigenvalue weighted by Crippen LogP contribution is 2.23. The van der Waals surface area contributed by atoms with E-state index in [-0.39, 0.29) is 35.9 Å². The minimum atomic E-state index is -0.779. The number of hydrogen-bond donors (Lipinski definition) is 1. The molecule has 9 heteroatoms. The van der Waals surface area contributed by atoms with E-state index in [1.807, 2.05) is 0 Å². The average molecular weight is 349 g/mol. The largest absolute Gasteiger partial charge is 0.460 e. The highest BCUT2D eigenvalue weighted by atomic mass is 16.6. The third-order valence-electron chi connectivity index (χ3n) is 4.14. The summed E-state index contributed by atoms with van der Waals surface area (Å²) in [6.45, 7) is 2.05. The molecule has 0 aliphatic carbocycles. The first-order valence-electron chi connectivity index (χ1n) is 7.79. The molecule has 0 radical (unpaired) electrons. The second kappa shape index (κ2) is 7.73. The number of likely N-dealkylation sites (tertiary alicyclic amines) is 1. The van der Waals surface area contributed by atoms with E-state index < -0.39 is 22.7 Å². The summed E-state index contributed by atoms with van der Waals surface area (Å²) in [5.74, 6) is -1.82. The van der Waals surface area contributed by atoms with Gasteiger partial charge in [-0.15, -0.1) is 0 Å². The molecular formula is C16H19N3O6. The van der Waals surface area contributed by atoms with Crippen LogP contribution < -0.4 is 5.73 Å². The summed E-state index contributed by atoms with van der Waals surface area (Å²) in [7, 11) is 0. The number of carbonyl (C=O) groups excluding carboxylic acids is 3. The van der Waals surface area contributed by atoms with E-state index in [2.05, 4.69) is 0 Å². The molecule has 1 aliphatic heterocycles. The Morgan fingerprint density at radius 3 is 2.72 bits per heavy atom. The molecule has 9 nitrogen and oxygen atoms in total. The normalized spacial score (nSPS) is 17.0. The molecule has 2 amide bonds. The van der Waals surface area contributed by atoms with Gasteiger partial charge < -0.3 is 15.4 Å². The van der Waals surface area contributed by atoms with Crippen LogP contribution in [0.25, 0.3) is 0 Å². The van der Waals surface area contributed by atoms with Gasteiger partial charge in [0, 0.05) is 31.6 Å². The maximum atomic E-state index is 12.2. The van der Waals surface area contributed by atoms with Crippen molar-refractivity contribution in [1.29, 1.82) is 0 Å². The Morgan fingerprint density at radius 2 is 2.12 bits per heavy atom. The summed E-state index contributed by atoms with van der Waals surface area (Å²) in [6, 6.07) is 3.74. The van der Waals surface area contributed by atoms with E-state index in [1.165, 1.54) is 19.1 Å². The Hall–Kier alpha value is -2.97. The Bertz CT molecular complexity index is 718. The fourth-order valence-corrected chi connectivity index (χ4v) is 2.73. The van der Waals surface area contributed by atoms with Gasteiger partial charge in [-0.25, -0.2) is 0 Å². The molecule has 1 aromatic rings. The Morgan fingerprint density at radius 1 is 1.40 bits per heavy atom. The molecule has 134 valence electrons. The van der Waals surface area contributed by atoms with Crippen molar-refractivity contribution in [3.63, 3.8) is 0 Å². The number of nitro groups is 1. The van der Waals surface area contributed by atoms with Gasteiger partial charge >= 0.3 is 5.97 Å². The second-order valence-corrected chi connectivity index (χ2v) is 5.88. The van der Waals surface area contributed by atoms with Crippen LogP contribution in [0.3, 0.4) is 0 Å². The minimum absolute atomic E-state index is 0.00570. The van der Waals surface area contributed by atoms with Crippen molar-refractivity contribution in [2.45, 2.75) is 26.4 Å². The van der Waals surface area contributed by atoms with Gasteiger partial charge in [0.05, 0.1) is 16.4 Å². The van der Waals surface area contributed by atoms with Gasteiger partial charge in [-0.3, -0.25) is 24.5 Å². The minimum Gasteiger partial charge on any atom is -0.460 e. The van der Waals surface area contributed by atoms with Gasteiger partial charge in [-0.05, 0) is 25.0 Å². The number of amides is 2. The molecule has 0 saturated carbocycles. The zero-order valence-corrected chi connectivity index (χ0v) is 13.8. The van der Waals surface area contributed by atoms with E-state index in [0.717, 1.165) is 6.07 Å². The molecule has 0 aromatic heterocycles. The maximum absolute atomic E-state index is 12.2. The number of ether oxygens (including phenoxy) is 1. The number of nitro benzene ring substituents is 1. The number of hydrogen-bond acceptors (Lipinski definition) is 6. The van der Waals surface area contributed by atoms with Crippen molar-refractivity contribution >= 4 is 23.5 Å². The number of piperidine rings is 1. The number of nitrogens with two attached hydrogens (primary N) is 1. The molecule has 0 bridgehead atoms. The van der Waals surface area contributed by atoms with Crippen molar-refractivity contribution in [2.24, 2.45) is 11.7 Å². The molecule has 1 heterocycles. The van der Waals surface area contributed by atoms with Gasteiger partial charge in [0.2, 0.25) is 11.8 Å². The standard InChI is InChI=1S/C16H19N3O6/c1-10(20)18-6-2-3-12(8-18)16(22)25-9-13-5-4-11(15(17)21)7-14(13)19(23)24/h4-5,7,12H,2-3,6,8-9H2,1H3,(H2,17,21)/t12-/m1/s1. The predicted octanol–water partition coefficient (Wildman–Crippen LogP) is 0.995. The lowest BCUT2D eigenvalue weighted by atomic mass is 9.98. The van der Waals surface area contributed by atoms with Crippen LogP contribution in [0, 0.1) is 16.0 Å². The lowest BCUT2D eigenvalue weighted by Crippen LogP contribution is -2.41. The average Bonchev–Trinajstić information content (AvgIpc) is 2.59. The fourth-order valence-electron chi connectivity index (χ4n) is 2.73. The van der Waals surface area contributed by atoms with E-state index in [4.69, 9.17) is 10.5 Å². The number of primary amides is 1. The van der Waals surface area contributed by atoms with Crippen molar-refractivity contribution in [3.05, 3.63) is 39.4 Å². The zero-order valence-electron chi connectivity index (χ0n) is 13.8. The quantitative estimate of drug-likeness (QED) is 0.479. The topological polar surface area (TPSA) is 133 Å². The number of esters is 1. The summed E-state index contributed by atoms with van der Waals surface area (Å²) < 4.78 is 5.19. The van der Waals surface area contributed by atoms with Crippen molar-refractivity contribution < 1.29 is 24.0 Å². The first-order chi connectivity index (χ1) is 11.8. The molecule has 1 fully saturated rings. The van der Waals surface area contributed by atoms with Crippen LogP contribution in [0.15, 0.2) is 18.2 Å². The molecule has 1 aliphatic rings. The first-order valence-corrected chi connectivity index (χ1v) is 7.79. The molecule has 0 spiro atoms. The lowest BCUT2D eigenvalue weighted by molar-refractivity contribution is -0.385. The van der Waals surface area contributed by atoms with Crippen LogP contribution >= 0.6 is 0 Å². The third kappa shape index (κ3) is 4.52. The number of benzene rings is 1. The van der Waals surface area contributed by atoms with Crippen molar-refractivity contribution in [1.82, 2.24) is 4.90 Å². The molecule has 1 aromatic carbocycles. The van der Waals surface area contributed by atoms with Gasteiger partial charge in [0.15, 0.2) is 0 Å². The molecule has 2 N–H and O–H groups in total. The fraction of sp³-hybridized carbons (Fsp3) is 0.438. The van der Waals surface area contributed by atoms with E-state index >= 15 is 0 Å². The third-order valence-corrected chi connectivity index (χ3v) is 4.14. The summed E-state index contributed by atoms with van der Waals surface area (Å²) in [6.07, 6.45) is 1.30. The van der Waals surface area contributed by atoms with E-state index in [0.29, 0.717) is 19.4 Å². The molecule has 25 heavy (non-hydrogen) atoms. The van der Waals surface area contributed by atoms with Gasteiger partial charge in [-0.1, -0.05) is 0 Å². The van der Waals surface area contributed by atoms with Crippen LogP contribution in [0.2, 0.25) is 0 Å². The molecule has 1 saturated heterocycles. The first kappa shape index (κ1) is 18.4. The molecule has 2 rings (SSSR count). The molecule has 0 unspecified atom stereocenters. The smallest absolute Gasteiger partial charge is 0.311 e. The van der Waals surface area contributed by atoms with Crippen molar-refractivity contribution in [3.8, 4) is 0 Å². The van der Waals surface area contributed by atoms with Crippen LogP contribution in [-0.2, 0) is 20.9 Å². The number of carbonyl (C=O) groups is 3.